The maximum atomic E-state index is 5.24. The molecule has 0 saturated carbocycles. The van der Waals surface area contributed by atoms with Gasteiger partial charge in [0.1, 0.15) is 5.84 Å². The summed E-state index contributed by atoms with van der Waals surface area (Å²) in [6.07, 6.45) is 2.46. The van der Waals surface area contributed by atoms with Crippen LogP contribution in [0, 0.1) is 5.92 Å². The topological polar surface area (TPSA) is 36.9 Å². The van der Waals surface area contributed by atoms with Gasteiger partial charge in [0, 0.05) is 19.6 Å². The van der Waals surface area contributed by atoms with Crippen LogP contribution in [0.5, 0.6) is 0 Å². The van der Waals surface area contributed by atoms with Crippen molar-refractivity contribution in [1.82, 2.24) is 10.2 Å². The largest absolute Gasteiger partial charge is 0.383 e. The Hall–Kier alpha value is -0.610. The molecule has 0 spiro atoms. The molecule has 0 aromatic carbocycles. The highest BCUT2D eigenvalue weighted by molar-refractivity contribution is 5.86. The Labute approximate surface area is 98.1 Å². The van der Waals surface area contributed by atoms with Gasteiger partial charge in [0.05, 0.1) is 19.2 Å². The summed E-state index contributed by atoms with van der Waals surface area (Å²) in [5.41, 5.74) is 0. The Balaban J connectivity index is 1.96. The van der Waals surface area contributed by atoms with Gasteiger partial charge in [-0.1, -0.05) is 0 Å². The fourth-order valence-corrected chi connectivity index (χ4v) is 2.70. The van der Waals surface area contributed by atoms with Crippen molar-refractivity contribution in [3.05, 3.63) is 0 Å². The molecule has 0 unspecified atom stereocenters. The highest BCUT2D eigenvalue weighted by atomic mass is 16.5. The molecular formula is C12H23N3O. The van der Waals surface area contributed by atoms with E-state index in [2.05, 4.69) is 17.1 Å². The fourth-order valence-electron chi connectivity index (χ4n) is 2.70. The first-order valence-corrected chi connectivity index (χ1v) is 6.33. The number of aliphatic imine (C=N–C) groups is 1. The van der Waals surface area contributed by atoms with Crippen molar-refractivity contribution in [3.8, 4) is 0 Å². The second kappa shape index (κ2) is 5.64. The Kier molecular flexibility index (Phi) is 4.18. The number of ether oxygens (including phenoxy) is 1. The molecule has 92 valence electrons. The lowest BCUT2D eigenvalue weighted by Crippen LogP contribution is -2.44. The normalized spacial score (nSPS) is 24.6. The van der Waals surface area contributed by atoms with Crippen LogP contribution in [-0.2, 0) is 4.74 Å². The van der Waals surface area contributed by atoms with Crippen LogP contribution in [0.2, 0.25) is 0 Å². The van der Waals surface area contributed by atoms with Crippen molar-refractivity contribution < 1.29 is 4.74 Å². The molecule has 0 aromatic heterocycles. The lowest BCUT2D eigenvalue weighted by Gasteiger charge is -2.33. The molecular weight excluding hydrogens is 202 g/mol. The quantitative estimate of drug-likeness (QED) is 0.766. The van der Waals surface area contributed by atoms with Gasteiger partial charge in [-0.2, -0.15) is 0 Å². The predicted octanol–water partition coefficient (Wildman–Crippen LogP) is 0.735. The van der Waals surface area contributed by atoms with E-state index in [9.17, 15) is 0 Å². The number of hydrogen-bond donors (Lipinski definition) is 1. The summed E-state index contributed by atoms with van der Waals surface area (Å²) >= 11 is 0. The van der Waals surface area contributed by atoms with E-state index in [-0.39, 0.29) is 0 Å². The lowest BCUT2D eigenvalue weighted by atomic mass is 9.96. The first kappa shape index (κ1) is 11.9. The van der Waals surface area contributed by atoms with E-state index in [0.29, 0.717) is 12.0 Å². The summed E-state index contributed by atoms with van der Waals surface area (Å²) in [6.45, 7) is 7.33. The predicted molar refractivity (Wildman–Crippen MR) is 65.9 cm³/mol. The first-order chi connectivity index (χ1) is 7.83. The monoisotopic (exact) mass is 225 g/mol. The number of rotatable bonds is 4. The second-order valence-corrected chi connectivity index (χ2v) is 4.76. The van der Waals surface area contributed by atoms with Gasteiger partial charge in [-0.05, 0) is 32.9 Å². The average Bonchev–Trinajstić information content (AvgIpc) is 2.79. The van der Waals surface area contributed by atoms with Crippen molar-refractivity contribution >= 4 is 5.84 Å². The van der Waals surface area contributed by atoms with E-state index in [1.54, 1.807) is 7.11 Å². The van der Waals surface area contributed by atoms with Gasteiger partial charge in [-0.3, -0.25) is 4.99 Å². The van der Waals surface area contributed by atoms with Crippen LogP contribution in [0.3, 0.4) is 0 Å². The van der Waals surface area contributed by atoms with Crippen LogP contribution in [-0.4, -0.2) is 56.7 Å². The molecule has 0 radical (unpaired) electrons. The zero-order valence-corrected chi connectivity index (χ0v) is 10.4. The standard InChI is InChI=1S/C12H23N3O/c1-10(9-16-2)15-8-7-14-12(15)11-3-5-13-6-4-11/h10-11,13H,3-9H2,1-2H3/t10-/m1/s1. The van der Waals surface area contributed by atoms with Crippen LogP contribution in [0.1, 0.15) is 19.8 Å². The van der Waals surface area contributed by atoms with Gasteiger partial charge in [0.15, 0.2) is 0 Å². The number of nitrogens with one attached hydrogen (secondary N) is 1. The van der Waals surface area contributed by atoms with Crippen molar-refractivity contribution in [2.45, 2.75) is 25.8 Å². The highest BCUT2D eigenvalue weighted by Gasteiger charge is 2.29. The van der Waals surface area contributed by atoms with E-state index in [1.165, 1.54) is 18.7 Å². The number of amidine groups is 1. The van der Waals surface area contributed by atoms with Crippen molar-refractivity contribution in [2.24, 2.45) is 10.9 Å². The van der Waals surface area contributed by atoms with Gasteiger partial charge in [0.25, 0.3) is 0 Å². The summed E-state index contributed by atoms with van der Waals surface area (Å²) < 4.78 is 5.24. The minimum atomic E-state index is 0.459. The van der Waals surface area contributed by atoms with E-state index in [0.717, 1.165) is 32.8 Å². The molecule has 0 amide bonds. The molecule has 1 fully saturated rings. The summed E-state index contributed by atoms with van der Waals surface area (Å²) in [5, 5.41) is 3.41. The molecule has 4 heteroatoms. The number of nitrogens with zero attached hydrogens (tertiary/aromatic N) is 2. The smallest absolute Gasteiger partial charge is 0.103 e. The molecule has 0 aromatic rings. The van der Waals surface area contributed by atoms with Gasteiger partial charge in [0.2, 0.25) is 0 Å². The molecule has 2 aliphatic heterocycles. The average molecular weight is 225 g/mol. The van der Waals surface area contributed by atoms with Crippen LogP contribution in [0.15, 0.2) is 4.99 Å². The molecule has 0 aliphatic carbocycles. The SMILES string of the molecule is COC[C@@H](C)N1CCN=C1C1CCNCC1. The van der Waals surface area contributed by atoms with E-state index < -0.39 is 0 Å². The second-order valence-electron chi connectivity index (χ2n) is 4.76. The maximum absolute atomic E-state index is 5.24. The Morgan fingerprint density at radius 1 is 1.50 bits per heavy atom. The molecule has 2 aliphatic rings. The van der Waals surface area contributed by atoms with Crippen molar-refractivity contribution in [1.29, 1.82) is 0 Å². The highest BCUT2D eigenvalue weighted by Crippen LogP contribution is 2.21. The Morgan fingerprint density at radius 2 is 2.25 bits per heavy atom. The first-order valence-electron chi connectivity index (χ1n) is 6.33. The van der Waals surface area contributed by atoms with Crippen LogP contribution in [0.25, 0.3) is 0 Å². The summed E-state index contributed by atoms with van der Waals surface area (Å²) in [6, 6.07) is 0.459. The number of hydrogen-bond acceptors (Lipinski definition) is 4. The van der Waals surface area contributed by atoms with Crippen LogP contribution in [0.4, 0.5) is 0 Å². The Morgan fingerprint density at radius 3 is 2.94 bits per heavy atom. The number of methoxy groups -OCH3 is 1. The molecule has 1 saturated heterocycles. The van der Waals surface area contributed by atoms with Gasteiger partial charge in [-0.25, -0.2) is 0 Å². The fraction of sp³-hybridized carbons (Fsp3) is 0.917. The summed E-state index contributed by atoms with van der Waals surface area (Å²) in [7, 11) is 1.77. The van der Waals surface area contributed by atoms with Crippen LogP contribution < -0.4 is 5.32 Å². The molecule has 4 nitrogen and oxygen atoms in total. The van der Waals surface area contributed by atoms with E-state index in [1.807, 2.05) is 0 Å². The summed E-state index contributed by atoms with van der Waals surface area (Å²) in [4.78, 5) is 7.15. The lowest BCUT2D eigenvalue weighted by molar-refractivity contribution is 0.137. The minimum absolute atomic E-state index is 0.459. The molecule has 2 heterocycles. The number of piperidine rings is 1. The van der Waals surface area contributed by atoms with Crippen molar-refractivity contribution in [2.75, 3.05) is 39.9 Å². The zero-order chi connectivity index (χ0) is 11.4. The third-order valence-corrected chi connectivity index (χ3v) is 3.55. The minimum Gasteiger partial charge on any atom is -0.383 e. The van der Waals surface area contributed by atoms with E-state index in [4.69, 9.17) is 9.73 Å². The molecule has 0 bridgehead atoms. The van der Waals surface area contributed by atoms with E-state index >= 15 is 0 Å². The maximum Gasteiger partial charge on any atom is 0.103 e. The van der Waals surface area contributed by atoms with Gasteiger partial charge >= 0.3 is 0 Å². The Bertz CT molecular complexity index is 249. The molecule has 2 rings (SSSR count). The molecule has 1 atom stereocenters. The van der Waals surface area contributed by atoms with Gasteiger partial charge < -0.3 is 15.0 Å². The zero-order valence-electron chi connectivity index (χ0n) is 10.4. The molecule has 16 heavy (non-hydrogen) atoms. The van der Waals surface area contributed by atoms with Crippen LogP contribution >= 0.6 is 0 Å². The van der Waals surface area contributed by atoms with Crippen molar-refractivity contribution in [3.63, 3.8) is 0 Å². The molecule has 1 N–H and O–H groups in total. The van der Waals surface area contributed by atoms with Gasteiger partial charge in [-0.15, -0.1) is 0 Å². The summed E-state index contributed by atoms with van der Waals surface area (Å²) in [5.74, 6) is 2.01. The third-order valence-electron chi connectivity index (χ3n) is 3.55. The third kappa shape index (κ3) is 2.55.